The normalized spacial score (nSPS) is 10.9. The molecule has 0 aliphatic rings. The van der Waals surface area contributed by atoms with Gasteiger partial charge in [0.15, 0.2) is 0 Å². The lowest BCUT2D eigenvalue weighted by Gasteiger charge is -2.08. The summed E-state index contributed by atoms with van der Waals surface area (Å²) in [5.41, 5.74) is 1.00. The quantitative estimate of drug-likeness (QED) is 0.616. The van der Waals surface area contributed by atoms with Gasteiger partial charge in [-0.05, 0) is 30.7 Å². The largest absolute Gasteiger partial charge is 0.461 e. The van der Waals surface area contributed by atoms with Crippen LogP contribution >= 0.6 is 35.6 Å². The Morgan fingerprint density at radius 2 is 2.19 bits per heavy atom. The maximum Gasteiger partial charge on any atom is 0.355 e. The maximum absolute atomic E-state index is 12.0. The number of rotatable bonds is 4. The molecule has 2 aromatic rings. The molecule has 2 rings (SSSR count). The minimum atomic E-state index is -0.448. The van der Waals surface area contributed by atoms with Gasteiger partial charge in [0.1, 0.15) is 5.70 Å². The molecule has 4 nitrogen and oxygen atoms in total. The molecule has 7 heteroatoms. The number of hydrogen-bond donors (Lipinski definition) is 0. The average Bonchev–Trinajstić information content (AvgIpc) is 2.91. The van der Waals surface area contributed by atoms with Gasteiger partial charge in [0, 0.05) is 22.4 Å². The molecule has 0 spiro atoms. The Kier molecular flexibility index (Phi) is 6.75. The first-order chi connectivity index (χ1) is 9.61. The Labute approximate surface area is 138 Å². The first kappa shape index (κ1) is 17.6. The Morgan fingerprint density at radius 3 is 2.76 bits per heavy atom. The van der Waals surface area contributed by atoms with Gasteiger partial charge in [0.05, 0.1) is 12.9 Å². The molecule has 0 saturated heterocycles. The van der Waals surface area contributed by atoms with Crippen LogP contribution in [0, 0.1) is 0 Å². The number of ether oxygens (including phenoxy) is 1. The third kappa shape index (κ3) is 4.49. The minimum Gasteiger partial charge on any atom is -0.461 e. The third-order valence-electron chi connectivity index (χ3n) is 2.52. The predicted molar refractivity (Wildman–Crippen MR) is 86.7 cm³/mol. The van der Waals surface area contributed by atoms with Crippen LogP contribution in [0.25, 0.3) is 11.8 Å². The molecule has 0 N–H and O–H groups in total. The lowest BCUT2D eigenvalue weighted by Crippen LogP contribution is -2.11. The Bertz CT molecular complexity index is 640. The molecule has 0 atom stereocenters. The van der Waals surface area contributed by atoms with Crippen molar-refractivity contribution in [2.75, 3.05) is 6.61 Å². The van der Waals surface area contributed by atoms with E-state index < -0.39 is 5.97 Å². The van der Waals surface area contributed by atoms with Crippen molar-refractivity contribution in [3.05, 3.63) is 52.5 Å². The molecule has 112 valence electrons. The standard InChI is InChI=1S/C14H12Cl2N2O2.ClH/c1-2-20-14(19)13(18-6-5-17-9-18)7-10-3-4-11(15)8-12(10)16;/h3-9H,2H2,1H3;1H/b13-7+;. The number of carbonyl (C=O) groups is 1. The lowest BCUT2D eigenvalue weighted by molar-refractivity contribution is -0.136. The van der Waals surface area contributed by atoms with Crippen LogP contribution in [0.3, 0.4) is 0 Å². The third-order valence-corrected chi connectivity index (χ3v) is 3.08. The number of carbonyl (C=O) groups excluding carboxylic acids is 1. The molecule has 0 amide bonds. The van der Waals surface area contributed by atoms with Crippen molar-refractivity contribution in [2.24, 2.45) is 0 Å². The Hall–Kier alpha value is -1.49. The second-order valence-corrected chi connectivity index (χ2v) is 4.73. The van der Waals surface area contributed by atoms with E-state index in [0.29, 0.717) is 27.9 Å². The molecular weight excluding hydrogens is 335 g/mol. The number of benzene rings is 1. The number of nitrogens with zero attached hydrogens (tertiary/aromatic N) is 2. The van der Waals surface area contributed by atoms with Crippen molar-refractivity contribution in [3.63, 3.8) is 0 Å². The van der Waals surface area contributed by atoms with E-state index in [4.69, 9.17) is 27.9 Å². The summed E-state index contributed by atoms with van der Waals surface area (Å²) in [4.78, 5) is 15.9. The van der Waals surface area contributed by atoms with E-state index in [1.165, 1.54) is 6.33 Å². The zero-order valence-corrected chi connectivity index (χ0v) is 13.5. The van der Waals surface area contributed by atoms with Gasteiger partial charge in [-0.2, -0.15) is 0 Å². The van der Waals surface area contributed by atoms with Gasteiger partial charge in [-0.15, -0.1) is 12.4 Å². The van der Waals surface area contributed by atoms with Crippen LogP contribution in [0.2, 0.25) is 10.0 Å². The van der Waals surface area contributed by atoms with Crippen molar-refractivity contribution in [1.29, 1.82) is 0 Å². The number of halogens is 3. The summed E-state index contributed by atoms with van der Waals surface area (Å²) in [6.07, 6.45) is 6.40. The number of esters is 1. The average molecular weight is 348 g/mol. The fourth-order valence-electron chi connectivity index (χ4n) is 1.61. The smallest absolute Gasteiger partial charge is 0.355 e. The van der Waals surface area contributed by atoms with Gasteiger partial charge >= 0.3 is 5.97 Å². The topological polar surface area (TPSA) is 44.1 Å². The van der Waals surface area contributed by atoms with Crippen LogP contribution in [-0.2, 0) is 9.53 Å². The van der Waals surface area contributed by atoms with Gasteiger partial charge in [-0.1, -0.05) is 29.3 Å². The van der Waals surface area contributed by atoms with E-state index in [-0.39, 0.29) is 12.4 Å². The summed E-state index contributed by atoms with van der Waals surface area (Å²) in [6, 6.07) is 5.06. The predicted octanol–water partition coefficient (Wildman–Crippen LogP) is 4.17. The fraction of sp³-hybridized carbons (Fsp3) is 0.143. The maximum atomic E-state index is 12.0. The molecule has 1 aromatic heterocycles. The molecule has 0 bridgehead atoms. The fourth-order valence-corrected chi connectivity index (χ4v) is 2.07. The molecular formula is C14H13Cl3N2O2. The van der Waals surface area contributed by atoms with Crippen molar-refractivity contribution < 1.29 is 9.53 Å². The lowest BCUT2D eigenvalue weighted by atomic mass is 10.2. The molecule has 0 aliphatic carbocycles. The van der Waals surface area contributed by atoms with Crippen molar-refractivity contribution >= 4 is 53.4 Å². The van der Waals surface area contributed by atoms with Crippen LogP contribution in [-0.4, -0.2) is 22.1 Å². The van der Waals surface area contributed by atoms with E-state index in [1.54, 1.807) is 48.2 Å². The first-order valence-corrected chi connectivity index (χ1v) is 6.69. The van der Waals surface area contributed by atoms with Crippen LogP contribution in [0.4, 0.5) is 0 Å². The van der Waals surface area contributed by atoms with Crippen LogP contribution in [0.15, 0.2) is 36.9 Å². The molecule has 0 unspecified atom stereocenters. The van der Waals surface area contributed by atoms with E-state index in [0.717, 1.165) is 0 Å². The molecule has 0 radical (unpaired) electrons. The second-order valence-electron chi connectivity index (χ2n) is 3.89. The van der Waals surface area contributed by atoms with Gasteiger partial charge in [-0.25, -0.2) is 9.78 Å². The highest BCUT2D eigenvalue weighted by molar-refractivity contribution is 6.35. The Balaban J connectivity index is 0.00000220. The molecule has 0 aliphatic heterocycles. The summed E-state index contributed by atoms with van der Waals surface area (Å²) in [6.45, 7) is 2.04. The molecule has 1 heterocycles. The van der Waals surface area contributed by atoms with E-state index >= 15 is 0 Å². The first-order valence-electron chi connectivity index (χ1n) is 5.94. The van der Waals surface area contributed by atoms with Crippen molar-refractivity contribution in [1.82, 2.24) is 9.55 Å². The van der Waals surface area contributed by atoms with Gasteiger partial charge in [0.25, 0.3) is 0 Å². The van der Waals surface area contributed by atoms with Crippen molar-refractivity contribution in [2.45, 2.75) is 6.92 Å². The van der Waals surface area contributed by atoms with Crippen LogP contribution in [0.5, 0.6) is 0 Å². The summed E-state index contributed by atoms with van der Waals surface area (Å²) in [5, 5.41) is 0.992. The van der Waals surface area contributed by atoms with E-state index in [2.05, 4.69) is 4.98 Å². The molecule has 0 fully saturated rings. The van der Waals surface area contributed by atoms with Crippen LogP contribution < -0.4 is 0 Å². The van der Waals surface area contributed by atoms with E-state index in [1.807, 2.05) is 0 Å². The second kappa shape index (κ2) is 8.08. The van der Waals surface area contributed by atoms with Gasteiger partial charge in [-0.3, -0.25) is 4.57 Å². The van der Waals surface area contributed by atoms with Gasteiger partial charge < -0.3 is 4.74 Å². The monoisotopic (exact) mass is 346 g/mol. The zero-order chi connectivity index (χ0) is 14.5. The number of hydrogen-bond acceptors (Lipinski definition) is 3. The SMILES string of the molecule is CCOC(=O)/C(=C\c1ccc(Cl)cc1Cl)n1ccnc1.Cl. The summed E-state index contributed by atoms with van der Waals surface area (Å²) in [7, 11) is 0. The highest BCUT2D eigenvalue weighted by Crippen LogP contribution is 2.24. The van der Waals surface area contributed by atoms with Gasteiger partial charge in [0.2, 0.25) is 0 Å². The van der Waals surface area contributed by atoms with E-state index in [9.17, 15) is 4.79 Å². The molecule has 1 aromatic carbocycles. The highest BCUT2D eigenvalue weighted by Gasteiger charge is 2.13. The molecule has 21 heavy (non-hydrogen) atoms. The highest BCUT2D eigenvalue weighted by atomic mass is 35.5. The molecule has 0 saturated carbocycles. The Morgan fingerprint density at radius 1 is 1.43 bits per heavy atom. The summed E-state index contributed by atoms with van der Waals surface area (Å²) < 4.78 is 6.61. The number of aromatic nitrogens is 2. The number of imidazole rings is 1. The minimum absolute atomic E-state index is 0. The van der Waals surface area contributed by atoms with Crippen molar-refractivity contribution in [3.8, 4) is 0 Å². The summed E-state index contributed by atoms with van der Waals surface area (Å²) >= 11 is 12.0. The summed E-state index contributed by atoms with van der Waals surface area (Å²) in [5.74, 6) is -0.448. The zero-order valence-electron chi connectivity index (χ0n) is 11.1. The van der Waals surface area contributed by atoms with Crippen LogP contribution in [0.1, 0.15) is 12.5 Å².